The first-order chi connectivity index (χ1) is 16.2. The Hall–Kier alpha value is -3.74. The molecule has 3 aromatic rings. The summed E-state index contributed by atoms with van der Waals surface area (Å²) in [4.78, 5) is 39.7. The van der Waals surface area contributed by atoms with E-state index in [1.807, 2.05) is 48.5 Å². The van der Waals surface area contributed by atoms with Gasteiger partial charge in [-0.15, -0.1) is 0 Å². The average Bonchev–Trinajstić information content (AvgIpc) is 2.89. The second kappa shape index (κ2) is 9.40. The third-order valence-electron chi connectivity index (χ3n) is 6.51. The number of piperidine rings is 1. The number of hydrogen-bond donors (Lipinski definition) is 1. The van der Waals surface area contributed by atoms with E-state index in [1.54, 1.807) is 23.4 Å². The molecule has 2 aliphatic rings. The minimum absolute atomic E-state index is 0.0315. The lowest BCUT2D eigenvalue weighted by Crippen LogP contribution is -2.53. The molecule has 1 aromatic heterocycles. The molecule has 0 bridgehead atoms. The molecule has 0 radical (unpaired) electrons. The first kappa shape index (κ1) is 21.1. The number of carbonyl (C=O) groups is 2. The van der Waals surface area contributed by atoms with Crippen molar-refractivity contribution in [2.45, 2.75) is 31.7 Å². The molecule has 3 heterocycles. The number of para-hydroxylation sites is 2. The number of rotatable bonds is 4. The average molecular weight is 442 g/mol. The van der Waals surface area contributed by atoms with E-state index in [0.717, 1.165) is 36.4 Å². The van der Waals surface area contributed by atoms with Gasteiger partial charge in [0.2, 0.25) is 17.8 Å². The number of nitrogens with one attached hydrogen (secondary N) is 1. The minimum atomic E-state index is -0.525. The molecule has 33 heavy (non-hydrogen) atoms. The highest BCUT2D eigenvalue weighted by Gasteiger charge is 2.39. The van der Waals surface area contributed by atoms with Gasteiger partial charge in [0.05, 0.1) is 0 Å². The van der Waals surface area contributed by atoms with Gasteiger partial charge in [-0.2, -0.15) is 0 Å². The van der Waals surface area contributed by atoms with Crippen LogP contribution in [0.2, 0.25) is 0 Å². The predicted molar refractivity (Wildman–Crippen MR) is 128 cm³/mol. The van der Waals surface area contributed by atoms with Gasteiger partial charge in [-0.25, -0.2) is 9.97 Å². The van der Waals surface area contributed by atoms with E-state index in [4.69, 9.17) is 0 Å². The Morgan fingerprint density at radius 2 is 1.55 bits per heavy atom. The van der Waals surface area contributed by atoms with Crippen molar-refractivity contribution in [3.63, 3.8) is 0 Å². The number of benzene rings is 2. The van der Waals surface area contributed by atoms with Crippen LogP contribution in [0, 0.1) is 5.92 Å². The first-order valence-corrected chi connectivity index (χ1v) is 11.5. The number of anilines is 3. The lowest BCUT2D eigenvalue weighted by molar-refractivity contribution is -0.126. The zero-order valence-electron chi connectivity index (χ0n) is 18.4. The van der Waals surface area contributed by atoms with Crippen molar-refractivity contribution < 1.29 is 9.59 Å². The maximum Gasteiger partial charge on any atom is 0.247 e. The van der Waals surface area contributed by atoms with E-state index in [1.165, 1.54) is 0 Å². The summed E-state index contributed by atoms with van der Waals surface area (Å²) in [6, 6.07) is 18.6. The summed E-state index contributed by atoms with van der Waals surface area (Å²) in [7, 11) is 0. The SMILES string of the molecule is O=C(Nc1ccccc1)C1CCc2ccccc2N1C(=O)C1CCN(c2ncccn2)CC1. The van der Waals surface area contributed by atoms with Crippen molar-refractivity contribution >= 4 is 29.1 Å². The molecule has 7 heteroatoms. The van der Waals surface area contributed by atoms with E-state index in [-0.39, 0.29) is 17.7 Å². The summed E-state index contributed by atoms with van der Waals surface area (Å²) in [6.07, 6.45) is 6.28. The number of hydrogen-bond acceptors (Lipinski definition) is 5. The summed E-state index contributed by atoms with van der Waals surface area (Å²) in [5.74, 6) is 0.457. The van der Waals surface area contributed by atoms with Gasteiger partial charge in [0.15, 0.2) is 0 Å². The Kier molecular flexibility index (Phi) is 6.02. The van der Waals surface area contributed by atoms with Crippen LogP contribution in [0.25, 0.3) is 0 Å². The maximum absolute atomic E-state index is 13.8. The number of aryl methyl sites for hydroxylation is 1. The van der Waals surface area contributed by atoms with Crippen molar-refractivity contribution in [3.05, 3.63) is 78.6 Å². The van der Waals surface area contributed by atoms with E-state index in [0.29, 0.717) is 25.2 Å². The van der Waals surface area contributed by atoms with Gasteiger partial charge < -0.3 is 10.2 Å². The van der Waals surface area contributed by atoms with Gasteiger partial charge in [0.25, 0.3) is 0 Å². The molecular weight excluding hydrogens is 414 g/mol. The van der Waals surface area contributed by atoms with E-state index in [2.05, 4.69) is 26.3 Å². The van der Waals surface area contributed by atoms with Gasteiger partial charge in [0, 0.05) is 42.8 Å². The highest BCUT2D eigenvalue weighted by Crippen LogP contribution is 2.34. The Bertz CT molecular complexity index is 1110. The van der Waals surface area contributed by atoms with E-state index in [9.17, 15) is 9.59 Å². The highest BCUT2D eigenvalue weighted by molar-refractivity contribution is 6.06. The van der Waals surface area contributed by atoms with Gasteiger partial charge in [-0.1, -0.05) is 36.4 Å². The quantitative estimate of drug-likeness (QED) is 0.668. The molecule has 1 fully saturated rings. The van der Waals surface area contributed by atoms with Crippen molar-refractivity contribution in [2.75, 3.05) is 28.2 Å². The molecule has 0 spiro atoms. The Balaban J connectivity index is 1.36. The molecule has 1 saturated heterocycles. The summed E-state index contributed by atoms with van der Waals surface area (Å²) >= 11 is 0. The maximum atomic E-state index is 13.8. The number of aromatic nitrogens is 2. The van der Waals surface area contributed by atoms with Gasteiger partial charge in [-0.3, -0.25) is 14.5 Å². The molecule has 1 N–H and O–H groups in total. The monoisotopic (exact) mass is 441 g/mol. The topological polar surface area (TPSA) is 78.4 Å². The van der Waals surface area contributed by atoms with Crippen LogP contribution in [0.4, 0.5) is 17.3 Å². The summed E-state index contributed by atoms with van der Waals surface area (Å²) in [6.45, 7) is 1.44. The zero-order valence-corrected chi connectivity index (χ0v) is 18.4. The Morgan fingerprint density at radius 3 is 2.30 bits per heavy atom. The number of carbonyl (C=O) groups excluding carboxylic acids is 2. The second-order valence-electron chi connectivity index (χ2n) is 8.56. The van der Waals surface area contributed by atoms with Crippen LogP contribution in [-0.4, -0.2) is 40.9 Å². The second-order valence-corrected chi connectivity index (χ2v) is 8.56. The van der Waals surface area contributed by atoms with Crippen molar-refractivity contribution in [3.8, 4) is 0 Å². The largest absolute Gasteiger partial charge is 0.341 e. The third-order valence-corrected chi connectivity index (χ3v) is 6.51. The van der Waals surface area contributed by atoms with Crippen LogP contribution in [0.3, 0.4) is 0 Å². The summed E-state index contributed by atoms with van der Waals surface area (Å²) in [5.41, 5.74) is 2.71. The fourth-order valence-corrected chi connectivity index (χ4v) is 4.79. The smallest absolute Gasteiger partial charge is 0.247 e. The predicted octanol–water partition coefficient (Wildman–Crippen LogP) is 3.68. The first-order valence-electron chi connectivity index (χ1n) is 11.5. The lowest BCUT2D eigenvalue weighted by Gasteiger charge is -2.40. The van der Waals surface area contributed by atoms with E-state index < -0.39 is 6.04 Å². The van der Waals surface area contributed by atoms with Crippen LogP contribution >= 0.6 is 0 Å². The molecule has 7 nitrogen and oxygen atoms in total. The van der Waals surface area contributed by atoms with Crippen LogP contribution in [-0.2, 0) is 16.0 Å². The van der Waals surface area contributed by atoms with E-state index >= 15 is 0 Å². The fourth-order valence-electron chi connectivity index (χ4n) is 4.79. The lowest BCUT2D eigenvalue weighted by atomic mass is 9.90. The molecule has 2 amide bonds. The van der Waals surface area contributed by atoms with Crippen LogP contribution < -0.4 is 15.1 Å². The zero-order chi connectivity index (χ0) is 22.6. The fraction of sp³-hybridized carbons (Fsp3) is 0.308. The van der Waals surface area contributed by atoms with Gasteiger partial charge in [-0.05, 0) is 55.5 Å². The molecule has 1 atom stereocenters. The molecule has 2 aromatic carbocycles. The normalized spacial score (nSPS) is 18.5. The Labute approximate surface area is 193 Å². The molecule has 1 unspecified atom stereocenters. The standard InChI is InChI=1S/C26H27N5O2/c32-24(29-21-8-2-1-3-9-21)23-12-11-19-7-4-5-10-22(19)31(23)25(33)20-13-17-30(18-14-20)26-27-15-6-16-28-26/h1-10,15-16,20,23H,11-14,17-18H2,(H,29,32). The molecule has 2 aliphatic heterocycles. The number of nitrogens with zero attached hydrogens (tertiary/aromatic N) is 4. The molecular formula is C26H27N5O2. The number of amides is 2. The Morgan fingerprint density at radius 1 is 0.848 bits per heavy atom. The van der Waals surface area contributed by atoms with Crippen LogP contribution in [0.1, 0.15) is 24.8 Å². The summed E-state index contributed by atoms with van der Waals surface area (Å²) < 4.78 is 0. The van der Waals surface area contributed by atoms with Crippen LogP contribution in [0.5, 0.6) is 0 Å². The molecule has 0 saturated carbocycles. The number of fused-ring (bicyclic) bond motifs is 1. The third kappa shape index (κ3) is 4.44. The van der Waals surface area contributed by atoms with Crippen molar-refractivity contribution in [1.29, 1.82) is 0 Å². The van der Waals surface area contributed by atoms with Gasteiger partial charge >= 0.3 is 0 Å². The summed E-state index contributed by atoms with van der Waals surface area (Å²) in [5, 5.41) is 3.00. The van der Waals surface area contributed by atoms with Crippen LogP contribution in [0.15, 0.2) is 73.1 Å². The minimum Gasteiger partial charge on any atom is -0.341 e. The molecule has 5 rings (SSSR count). The molecule has 0 aliphatic carbocycles. The van der Waals surface area contributed by atoms with Crippen molar-refractivity contribution in [1.82, 2.24) is 9.97 Å². The van der Waals surface area contributed by atoms with Crippen molar-refractivity contribution in [2.24, 2.45) is 5.92 Å². The highest BCUT2D eigenvalue weighted by atomic mass is 16.2. The van der Waals surface area contributed by atoms with Gasteiger partial charge in [0.1, 0.15) is 6.04 Å². The molecule has 168 valence electrons.